The fourth-order valence-corrected chi connectivity index (χ4v) is 1.93. The van der Waals surface area contributed by atoms with Crippen molar-refractivity contribution in [1.82, 2.24) is 0 Å². The molecule has 0 saturated heterocycles. The fourth-order valence-electron chi connectivity index (χ4n) is 1.93. The maximum Gasteiger partial charge on any atom is 0.419 e. The number of Topliss-reactive ketones (excluding diaryl/α,β-unsaturated/α-hetero) is 1. The largest absolute Gasteiger partial charge is 0.507 e. The highest BCUT2D eigenvalue weighted by Crippen LogP contribution is 2.36. The van der Waals surface area contributed by atoms with Gasteiger partial charge in [0.15, 0.2) is 5.78 Å². The lowest BCUT2D eigenvalue weighted by atomic mass is 10.1. The van der Waals surface area contributed by atoms with Gasteiger partial charge >= 0.3 is 18.3 Å². The molecule has 0 heterocycles. The molecule has 0 saturated carbocycles. The molecule has 0 aliphatic carbocycles. The van der Waals surface area contributed by atoms with Crippen LogP contribution in [-0.2, 0) is 17.1 Å². The first-order chi connectivity index (χ1) is 12.7. The van der Waals surface area contributed by atoms with Crippen molar-refractivity contribution in [3.05, 3.63) is 59.2 Å². The van der Waals surface area contributed by atoms with Crippen molar-refractivity contribution in [2.75, 3.05) is 0 Å². The number of aromatic hydroxyl groups is 1. The average molecular weight is 408 g/mol. The Morgan fingerprint density at radius 3 is 1.86 bits per heavy atom. The highest BCUT2D eigenvalue weighted by Gasteiger charge is 2.35. The predicted octanol–water partition coefficient (Wildman–Crippen LogP) is 5.24. The van der Waals surface area contributed by atoms with Crippen LogP contribution >= 0.6 is 0 Å². The minimum absolute atomic E-state index is 0.0740. The molecule has 0 spiro atoms. The molecule has 0 unspecified atom stereocenters. The van der Waals surface area contributed by atoms with Crippen LogP contribution in [0.15, 0.2) is 42.5 Å². The molecule has 0 aliphatic rings. The SMILES string of the molecule is CC(=O)Oc1ccccc1C(F)(F)F.CC(=O)c1ccc(O)c(C(F)(F)F)c1. The van der Waals surface area contributed by atoms with Gasteiger partial charge in [0.1, 0.15) is 11.5 Å². The Labute approximate surface area is 155 Å². The molecule has 2 aromatic rings. The van der Waals surface area contributed by atoms with Crippen LogP contribution in [-0.4, -0.2) is 16.9 Å². The van der Waals surface area contributed by atoms with Crippen molar-refractivity contribution in [3.8, 4) is 11.5 Å². The lowest BCUT2D eigenvalue weighted by molar-refractivity contribution is -0.142. The Morgan fingerprint density at radius 2 is 1.39 bits per heavy atom. The second-order valence-corrected chi connectivity index (χ2v) is 5.37. The molecule has 0 aliphatic heterocycles. The van der Waals surface area contributed by atoms with Crippen molar-refractivity contribution >= 4 is 11.8 Å². The minimum atomic E-state index is -4.64. The maximum atomic E-state index is 12.3. The van der Waals surface area contributed by atoms with Gasteiger partial charge in [0.2, 0.25) is 0 Å². The van der Waals surface area contributed by atoms with E-state index in [-0.39, 0.29) is 5.56 Å². The molecule has 0 radical (unpaired) electrons. The number of rotatable bonds is 2. The van der Waals surface area contributed by atoms with Crippen LogP contribution in [0.25, 0.3) is 0 Å². The Balaban J connectivity index is 0.000000280. The summed E-state index contributed by atoms with van der Waals surface area (Å²) in [5.41, 5.74) is -2.21. The number of ether oxygens (including phenoxy) is 1. The van der Waals surface area contributed by atoms with E-state index in [1.54, 1.807) is 0 Å². The third-order valence-electron chi connectivity index (χ3n) is 3.15. The van der Waals surface area contributed by atoms with Gasteiger partial charge in [-0.2, -0.15) is 26.3 Å². The van der Waals surface area contributed by atoms with E-state index in [0.717, 1.165) is 38.1 Å². The summed E-state index contributed by atoms with van der Waals surface area (Å²) in [5.74, 6) is -2.59. The van der Waals surface area contributed by atoms with Gasteiger partial charge in [-0.1, -0.05) is 12.1 Å². The average Bonchev–Trinajstić information content (AvgIpc) is 2.53. The van der Waals surface area contributed by atoms with Crippen molar-refractivity contribution in [2.24, 2.45) is 0 Å². The highest BCUT2D eigenvalue weighted by molar-refractivity contribution is 5.94. The second kappa shape index (κ2) is 8.77. The minimum Gasteiger partial charge on any atom is -0.507 e. The van der Waals surface area contributed by atoms with E-state index >= 15 is 0 Å². The van der Waals surface area contributed by atoms with E-state index < -0.39 is 46.7 Å². The third kappa shape index (κ3) is 6.60. The summed E-state index contributed by atoms with van der Waals surface area (Å²) in [4.78, 5) is 21.3. The number of carbonyl (C=O) groups excluding carboxylic acids is 2. The zero-order valence-corrected chi connectivity index (χ0v) is 14.5. The number of ketones is 1. The van der Waals surface area contributed by atoms with Crippen molar-refractivity contribution in [3.63, 3.8) is 0 Å². The topological polar surface area (TPSA) is 63.6 Å². The Kier molecular flexibility index (Phi) is 7.20. The summed E-state index contributed by atoms with van der Waals surface area (Å²) >= 11 is 0. The number of halogens is 6. The van der Waals surface area contributed by atoms with Gasteiger partial charge in [-0.3, -0.25) is 9.59 Å². The lowest BCUT2D eigenvalue weighted by Crippen LogP contribution is -2.10. The molecule has 0 fully saturated rings. The Hall–Kier alpha value is -3.04. The fraction of sp³-hybridized carbons (Fsp3) is 0.222. The first kappa shape index (κ1) is 23.0. The van der Waals surface area contributed by atoms with Crippen molar-refractivity contribution in [2.45, 2.75) is 26.2 Å². The molecular weight excluding hydrogens is 394 g/mol. The number of carbonyl (C=O) groups is 2. The first-order valence-electron chi connectivity index (χ1n) is 7.49. The van der Waals surface area contributed by atoms with Gasteiger partial charge in [-0.25, -0.2) is 0 Å². The van der Waals surface area contributed by atoms with E-state index in [2.05, 4.69) is 4.74 Å². The van der Waals surface area contributed by atoms with Crippen LogP contribution in [0.3, 0.4) is 0 Å². The smallest absolute Gasteiger partial charge is 0.419 e. The number of hydrogen-bond acceptors (Lipinski definition) is 4. The monoisotopic (exact) mass is 408 g/mol. The molecule has 10 heteroatoms. The quantitative estimate of drug-likeness (QED) is 0.319. The van der Waals surface area contributed by atoms with Gasteiger partial charge in [-0.05, 0) is 37.3 Å². The number of hydrogen-bond donors (Lipinski definition) is 1. The molecule has 152 valence electrons. The summed E-state index contributed by atoms with van der Waals surface area (Å²) in [6.45, 7) is 2.21. The van der Waals surface area contributed by atoms with E-state index in [9.17, 15) is 35.9 Å². The third-order valence-corrected chi connectivity index (χ3v) is 3.15. The van der Waals surface area contributed by atoms with Crippen molar-refractivity contribution < 1.29 is 45.8 Å². The summed E-state index contributed by atoms with van der Waals surface area (Å²) in [6, 6.07) is 7.20. The number of phenolic OH excluding ortho intramolecular Hbond substituents is 1. The Bertz CT molecular complexity index is 856. The first-order valence-corrected chi connectivity index (χ1v) is 7.49. The molecule has 28 heavy (non-hydrogen) atoms. The van der Waals surface area contributed by atoms with Crippen LogP contribution in [0, 0.1) is 0 Å². The Morgan fingerprint density at radius 1 is 0.857 bits per heavy atom. The summed E-state index contributed by atoms with van der Waals surface area (Å²) in [7, 11) is 0. The van der Waals surface area contributed by atoms with Crippen LogP contribution in [0.5, 0.6) is 11.5 Å². The number of benzene rings is 2. The summed E-state index contributed by atoms with van der Waals surface area (Å²) in [6.07, 6.45) is -9.15. The molecule has 0 aromatic heterocycles. The molecule has 0 bridgehead atoms. The van der Waals surface area contributed by atoms with Crippen LogP contribution < -0.4 is 4.74 Å². The lowest BCUT2D eigenvalue weighted by Gasteiger charge is -2.10. The standard InChI is InChI=1S/2C9H7F3O2/c1-5(13)6-2-3-8(14)7(4-6)9(10,11)12;1-6(13)14-8-5-3-2-4-7(8)9(10,11)12/h2-4,14H,1H3;2-5H,1H3. The number of esters is 1. The van der Waals surface area contributed by atoms with E-state index in [1.165, 1.54) is 12.1 Å². The molecule has 2 rings (SSSR count). The van der Waals surface area contributed by atoms with E-state index in [1.807, 2.05) is 0 Å². The number of para-hydroxylation sites is 1. The zero-order chi connectivity index (χ0) is 21.7. The maximum absolute atomic E-state index is 12.3. The van der Waals surface area contributed by atoms with Gasteiger partial charge < -0.3 is 9.84 Å². The molecule has 0 amide bonds. The van der Waals surface area contributed by atoms with Gasteiger partial charge in [-0.15, -0.1) is 0 Å². The molecular formula is C18H14F6O4. The van der Waals surface area contributed by atoms with E-state index in [4.69, 9.17) is 5.11 Å². The normalized spacial score (nSPS) is 11.3. The van der Waals surface area contributed by atoms with Crippen LogP contribution in [0.1, 0.15) is 35.3 Å². The summed E-state index contributed by atoms with van der Waals surface area (Å²) in [5, 5.41) is 8.92. The van der Waals surface area contributed by atoms with E-state index in [0.29, 0.717) is 6.07 Å². The molecule has 1 N–H and O–H groups in total. The summed E-state index contributed by atoms with van der Waals surface area (Å²) < 4.78 is 78.0. The number of alkyl halides is 6. The van der Waals surface area contributed by atoms with Gasteiger partial charge in [0, 0.05) is 12.5 Å². The molecule has 0 atom stereocenters. The highest BCUT2D eigenvalue weighted by atomic mass is 19.4. The van der Waals surface area contributed by atoms with Crippen LogP contribution in [0.2, 0.25) is 0 Å². The van der Waals surface area contributed by atoms with Gasteiger partial charge in [0.05, 0.1) is 11.1 Å². The van der Waals surface area contributed by atoms with Crippen LogP contribution in [0.4, 0.5) is 26.3 Å². The second-order valence-electron chi connectivity index (χ2n) is 5.37. The van der Waals surface area contributed by atoms with Crippen molar-refractivity contribution in [1.29, 1.82) is 0 Å². The predicted molar refractivity (Wildman–Crippen MR) is 85.9 cm³/mol. The van der Waals surface area contributed by atoms with Gasteiger partial charge in [0.25, 0.3) is 0 Å². The number of phenols is 1. The zero-order valence-electron chi connectivity index (χ0n) is 14.5. The molecule has 2 aromatic carbocycles. The molecule has 4 nitrogen and oxygen atoms in total.